The molecule has 13 aromatic heterocycles. The lowest BCUT2D eigenvalue weighted by molar-refractivity contribution is 0.264. The summed E-state index contributed by atoms with van der Waals surface area (Å²) in [4.78, 5) is 64.9. The van der Waals surface area contributed by atoms with E-state index in [4.69, 9.17) is 39.8 Å². The predicted octanol–water partition coefficient (Wildman–Crippen LogP) is 25.8. The Morgan fingerprint density at radius 3 is 1.15 bits per heavy atom. The molecule has 25 rings (SSSR count). The van der Waals surface area contributed by atoms with E-state index in [0.29, 0.717) is 76.1 Å². The molecular weight excluding hydrogens is 1970 g/mol. The third-order valence-corrected chi connectivity index (χ3v) is 34.7. The van der Waals surface area contributed by atoms with Crippen LogP contribution in [-0.2, 0) is 0 Å². The molecule has 0 radical (unpaired) electrons. The highest BCUT2D eigenvalue weighted by molar-refractivity contribution is 8.13. The van der Waals surface area contributed by atoms with Crippen molar-refractivity contribution < 1.29 is 0 Å². The van der Waals surface area contributed by atoms with Crippen LogP contribution >= 0.6 is 79.8 Å². The van der Waals surface area contributed by atoms with Gasteiger partial charge in [-0.2, -0.15) is 0 Å². The van der Waals surface area contributed by atoms with Crippen molar-refractivity contribution in [1.29, 1.82) is 5.41 Å². The minimum Gasteiger partial charge on any atom is -0.383 e. The second-order valence-electron chi connectivity index (χ2n) is 38.0. The first-order chi connectivity index (χ1) is 72.4. The Morgan fingerprint density at radius 1 is 0.399 bits per heavy atom. The molecule has 6 aromatic carbocycles. The Hall–Kier alpha value is -14.1. The number of hydrogen-bond donors (Lipinski definition) is 15. The molecule has 32 heteroatoms. The van der Waals surface area contributed by atoms with Gasteiger partial charge in [-0.05, 0) is 359 Å². The number of benzene rings is 6. The molecule has 0 spiro atoms. The summed E-state index contributed by atoms with van der Waals surface area (Å²) in [7, 11) is 6.48. The number of nitrogens with two attached hydrogens (primary N) is 6. The van der Waals surface area contributed by atoms with E-state index in [1.54, 1.807) is 80.4 Å². The number of piperidine rings is 2. The zero-order valence-corrected chi connectivity index (χ0v) is 88.9. The maximum atomic E-state index is 8.47. The molecule has 0 amide bonds. The van der Waals surface area contributed by atoms with Gasteiger partial charge in [0.25, 0.3) is 0 Å². The number of aromatic nitrogens is 7. The number of nitrogens with zero attached hydrogens (tertiary/aromatic N) is 10. The summed E-state index contributed by atoms with van der Waals surface area (Å²) in [6.45, 7) is 6.14. The number of H-pyrrole nitrogens is 6. The lowest BCUT2D eigenvalue weighted by Crippen LogP contribution is -2.37. The third-order valence-electron chi connectivity index (χ3n) is 28.9. The van der Waals surface area contributed by atoms with Gasteiger partial charge in [-0.25, -0.2) is 30.0 Å². The van der Waals surface area contributed by atoms with E-state index >= 15 is 0 Å². The lowest BCUT2D eigenvalue weighted by atomic mass is 9.81. The minimum atomic E-state index is 0.486. The Morgan fingerprint density at radius 2 is 0.764 bits per heavy atom. The van der Waals surface area contributed by atoms with Crippen molar-refractivity contribution in [3.63, 3.8) is 0 Å². The average Bonchev–Trinajstić information content (AvgIpc) is 1.49. The van der Waals surface area contributed by atoms with Gasteiger partial charge in [-0.1, -0.05) is 60.3 Å². The van der Waals surface area contributed by atoms with Crippen molar-refractivity contribution in [3.8, 4) is 11.1 Å². The largest absolute Gasteiger partial charge is 0.383 e. The van der Waals surface area contributed by atoms with Gasteiger partial charge < -0.3 is 84.7 Å². The highest BCUT2D eigenvalue weighted by Crippen LogP contribution is 2.44. The summed E-state index contributed by atoms with van der Waals surface area (Å²) in [5.41, 5.74) is 60.7. The molecule has 754 valence electrons. The van der Waals surface area contributed by atoms with Gasteiger partial charge in [-0.3, -0.25) is 15.3 Å². The van der Waals surface area contributed by atoms with E-state index in [0.717, 1.165) is 167 Å². The smallest absolute Gasteiger partial charge is 0.158 e. The van der Waals surface area contributed by atoms with Crippen LogP contribution in [0.15, 0.2) is 318 Å². The maximum absolute atomic E-state index is 8.47. The van der Waals surface area contributed by atoms with Gasteiger partial charge in [0.2, 0.25) is 0 Å². The van der Waals surface area contributed by atoms with Crippen molar-refractivity contribution in [2.75, 3.05) is 66.7 Å². The number of rotatable bonds is 19. The Bertz CT molecular complexity index is 7980. The van der Waals surface area contributed by atoms with Gasteiger partial charge in [0.15, 0.2) is 5.17 Å². The van der Waals surface area contributed by atoms with E-state index < -0.39 is 0 Å². The summed E-state index contributed by atoms with van der Waals surface area (Å²) < 4.78 is 0. The molecule has 2 bridgehead atoms. The first-order valence-corrected chi connectivity index (χ1v) is 56.8. The van der Waals surface area contributed by atoms with E-state index in [-0.39, 0.29) is 0 Å². The van der Waals surface area contributed by atoms with Crippen LogP contribution in [0.4, 0.5) is 34.1 Å². The van der Waals surface area contributed by atoms with Gasteiger partial charge in [0.1, 0.15) is 35.0 Å². The van der Waals surface area contributed by atoms with Crippen LogP contribution in [0.3, 0.4) is 0 Å². The fourth-order valence-corrected chi connectivity index (χ4v) is 24.8. The zero-order valence-electron chi connectivity index (χ0n) is 83.2. The van der Waals surface area contributed by atoms with Crippen LogP contribution in [0, 0.1) is 5.41 Å². The zero-order chi connectivity index (χ0) is 102. The second kappa shape index (κ2) is 47.4. The molecule has 3 saturated heterocycles. The normalized spacial score (nSPS) is 17.9. The quantitative estimate of drug-likeness (QED) is 0.0265. The number of aliphatic imine (C=N–C) groups is 6. The topological polar surface area (TPSA) is 396 Å². The number of likely N-dealkylation sites (N-methyl/N-ethyl adjacent to an activating group) is 2. The standard InChI is InChI=1S/C23H23N5S2.C21H22N4S.C20H24N4S.C18H20N4S.C18H14N4S.C16H20N4S/c24-22(20-3-1-11-29-20)27-16-5-6-19-17(13-16)18(14-26-19)15-7-9-28(10-8-15)23(25)21-4-2-12-30-21;1-25-15-5-6-16(25)10-13(9-15)18-12-23-19-7-4-14(11-17(18)19)24-21(22)20-3-2-8-26-20;1-22-14-6-4-13(5-7-14)17-12-23-18-9-8-15(11-16(17)18)24-20(21)19-3-2-10-25-19;2*19-18(17-2-1-9-23-17)22-13-3-4-16-14(10-13)15(11-21-16)12-5-7-20-8-6-12;1-20-7-5-11(6-8-20)14-10-18-15-4-3-12(9-13(14)15)19-16(17)21-2/h1-6,11-15,25-26H,7-10H2,(H2,24,27);2-4,7-9,11-12,15-16,23H,5-6,10H2,1H3,(H2,22,24);2-3,8-14,22-23H,4-7H2,1H3,(H2,21,24);1-4,9-12,20-21H,5-8H2,(H2,19,22);1-11,21H,(H2,19,22);3-5,9-10,18H,6-8H2,1-2H3,(H2,17,19). The van der Waals surface area contributed by atoms with Gasteiger partial charge in [0.05, 0.1) is 63.4 Å². The highest BCUT2D eigenvalue weighted by Gasteiger charge is 2.35. The Balaban J connectivity index is 0.000000108. The van der Waals surface area contributed by atoms with Crippen molar-refractivity contribution in [2.45, 2.75) is 113 Å². The van der Waals surface area contributed by atoms with E-state index in [1.165, 1.54) is 140 Å². The minimum absolute atomic E-state index is 0.486. The molecule has 1 saturated carbocycles. The van der Waals surface area contributed by atoms with Crippen LogP contribution in [0.2, 0.25) is 0 Å². The summed E-state index contributed by atoms with van der Waals surface area (Å²) >= 11 is 11.1. The van der Waals surface area contributed by atoms with E-state index in [1.807, 2.05) is 172 Å². The van der Waals surface area contributed by atoms with Crippen molar-refractivity contribution in [3.05, 3.63) is 345 Å². The average molecular weight is 2090 g/mol. The van der Waals surface area contributed by atoms with E-state index in [2.05, 4.69) is 221 Å². The van der Waals surface area contributed by atoms with Crippen molar-refractivity contribution >= 4 is 231 Å². The number of fused-ring (bicyclic) bond motifs is 8. The van der Waals surface area contributed by atoms with Gasteiger partial charge >= 0.3 is 0 Å². The lowest BCUT2D eigenvalue weighted by Gasteiger charge is -2.33. The predicted molar refractivity (Wildman–Crippen MR) is 632 cm³/mol. The molecule has 5 aliphatic heterocycles. The van der Waals surface area contributed by atoms with Crippen LogP contribution in [-0.4, -0.2) is 175 Å². The summed E-state index contributed by atoms with van der Waals surface area (Å²) in [6.07, 6.45) is 37.3. The summed E-state index contributed by atoms with van der Waals surface area (Å²) in [6, 6.07) is 67.2. The molecule has 2 atom stereocenters. The molecule has 1 aliphatic carbocycles. The number of nitrogens with one attached hydrogen (secondary N) is 9. The summed E-state index contributed by atoms with van der Waals surface area (Å²) in [5, 5.41) is 35.4. The maximum Gasteiger partial charge on any atom is 0.158 e. The highest BCUT2D eigenvalue weighted by atomic mass is 32.2. The number of aromatic amines is 6. The van der Waals surface area contributed by atoms with E-state index in [9.17, 15) is 0 Å². The number of hydrogen-bond acceptors (Lipinski definition) is 19. The van der Waals surface area contributed by atoms with Crippen LogP contribution in [0.25, 0.3) is 87.7 Å². The molecule has 2 unspecified atom stereocenters. The number of likely N-dealkylation sites (tertiary alicyclic amines) is 1. The molecule has 18 heterocycles. The molecule has 19 aromatic rings. The fraction of sp³-hybridized carbons (Fsp3) is 0.241. The van der Waals surface area contributed by atoms with Crippen molar-refractivity contribution in [2.24, 2.45) is 64.4 Å². The van der Waals surface area contributed by atoms with Gasteiger partial charge in [-0.15, -0.1) is 68.0 Å². The van der Waals surface area contributed by atoms with Crippen LogP contribution < -0.4 is 45.0 Å². The molecule has 25 nitrogen and oxygen atoms in total. The van der Waals surface area contributed by atoms with Crippen LogP contribution in [0.5, 0.6) is 0 Å². The molecule has 4 fully saturated rings. The number of amidine groups is 7. The molecular formula is C116H123N25S7. The molecule has 148 heavy (non-hydrogen) atoms. The molecule has 21 N–H and O–H groups in total. The Kier molecular flexibility index (Phi) is 32.4. The SMILES string of the molecule is CN1C2C=C(c3c[nH]c4ccc(N=C(N)c5cccs5)cc34)CC1CC2.CNC1CCC(c2c[nH]c3ccc(N=C(N)c4cccs4)cc23)CC1.CSC(N)=Nc1ccc2[nH]cc(C3=CCN(C)CC3)c2c1.N=C(c1cccs1)N1CCC(c2c[nH]c3ccc(N=C(N)c4cccs4)cc23)CC1.NC(=Nc1ccc2[nH]cc(-c3ccncc3)c2c1)c1cccs1.NC(=Nc1ccc2[nH]cc(C3CCNCC3)c2c1)c1cccs1. The number of thioether (sulfide) groups is 1. The molecule has 6 aliphatic rings. The second-order valence-corrected chi connectivity index (χ2v) is 44.5. The monoisotopic (exact) mass is 2090 g/mol. The summed E-state index contributed by atoms with van der Waals surface area (Å²) in [5.74, 6) is 5.24. The Labute approximate surface area is 889 Å². The van der Waals surface area contributed by atoms with Crippen LogP contribution in [0.1, 0.15) is 152 Å². The number of pyridine rings is 1. The number of thiophene rings is 6. The van der Waals surface area contributed by atoms with Crippen molar-refractivity contribution in [1.82, 2.24) is 60.2 Å². The van der Waals surface area contributed by atoms with Gasteiger partial charge in [0, 0.05) is 176 Å². The first kappa shape index (κ1) is 101. The first-order valence-electron chi connectivity index (χ1n) is 50.3. The third kappa shape index (κ3) is 24.0. The fourth-order valence-electron chi connectivity index (χ4n) is 20.8.